The highest BCUT2D eigenvalue weighted by atomic mass is 32.2. The normalized spacial score (nSPS) is 18.8. The molecule has 0 unspecified atom stereocenters. The molecule has 2 aromatic carbocycles. The van der Waals surface area contributed by atoms with Gasteiger partial charge in [0.15, 0.2) is 0 Å². The first-order valence-electron chi connectivity index (χ1n) is 7.34. The lowest BCUT2D eigenvalue weighted by Gasteiger charge is -2.32. The summed E-state index contributed by atoms with van der Waals surface area (Å²) in [6.45, 7) is 4.09. The third-order valence-electron chi connectivity index (χ3n) is 4.31. The van der Waals surface area contributed by atoms with Crippen LogP contribution in [0.2, 0.25) is 0 Å². The summed E-state index contributed by atoms with van der Waals surface area (Å²) >= 11 is 0. The maximum atomic E-state index is 11.5. The molecular weight excluding hydrogens is 282 g/mol. The highest BCUT2D eigenvalue weighted by Crippen LogP contribution is 2.27. The van der Waals surface area contributed by atoms with Gasteiger partial charge in [-0.15, -0.1) is 0 Å². The lowest BCUT2D eigenvalue weighted by atomic mass is 10.0. The molecule has 1 fully saturated rings. The molecule has 1 aliphatic heterocycles. The van der Waals surface area contributed by atoms with Crippen molar-refractivity contribution in [2.75, 3.05) is 31.7 Å². The molecule has 0 aliphatic carbocycles. The molecule has 0 amide bonds. The Morgan fingerprint density at radius 1 is 1.10 bits per heavy atom. The van der Waals surface area contributed by atoms with Crippen LogP contribution in [-0.2, 0) is 10.8 Å². The molecule has 0 bridgehead atoms. The van der Waals surface area contributed by atoms with E-state index in [0.29, 0.717) is 6.04 Å². The quantitative estimate of drug-likeness (QED) is 0.873. The predicted octanol–water partition coefficient (Wildman–Crippen LogP) is 2.97. The summed E-state index contributed by atoms with van der Waals surface area (Å²) in [5.41, 5.74) is 1.32. The SMILES string of the molecule is COc1ccc2cc([C@H](C)N3CCS(=O)CC3)ccc2c1. The molecule has 112 valence electrons. The topological polar surface area (TPSA) is 29.5 Å². The van der Waals surface area contributed by atoms with Crippen molar-refractivity contribution in [2.24, 2.45) is 0 Å². The highest BCUT2D eigenvalue weighted by Gasteiger charge is 2.21. The van der Waals surface area contributed by atoms with Crippen molar-refractivity contribution in [3.63, 3.8) is 0 Å². The monoisotopic (exact) mass is 303 g/mol. The van der Waals surface area contributed by atoms with Crippen LogP contribution in [0, 0.1) is 0 Å². The summed E-state index contributed by atoms with van der Waals surface area (Å²) in [6, 6.07) is 13.1. The fourth-order valence-corrected chi connectivity index (χ4v) is 3.96. The van der Waals surface area contributed by atoms with Crippen molar-refractivity contribution in [3.05, 3.63) is 42.0 Å². The van der Waals surface area contributed by atoms with Crippen LogP contribution < -0.4 is 4.74 Å². The van der Waals surface area contributed by atoms with Crippen LogP contribution in [0.4, 0.5) is 0 Å². The first kappa shape index (κ1) is 14.5. The van der Waals surface area contributed by atoms with Crippen LogP contribution in [0.15, 0.2) is 36.4 Å². The van der Waals surface area contributed by atoms with E-state index in [0.717, 1.165) is 30.3 Å². The number of benzene rings is 2. The van der Waals surface area contributed by atoms with Gasteiger partial charge in [0.05, 0.1) is 7.11 Å². The van der Waals surface area contributed by atoms with Crippen molar-refractivity contribution in [3.8, 4) is 5.75 Å². The lowest BCUT2D eigenvalue weighted by Crippen LogP contribution is -2.39. The van der Waals surface area contributed by atoms with Crippen LogP contribution in [0.1, 0.15) is 18.5 Å². The summed E-state index contributed by atoms with van der Waals surface area (Å²) in [5.74, 6) is 2.49. The van der Waals surface area contributed by atoms with Crippen molar-refractivity contribution < 1.29 is 8.95 Å². The lowest BCUT2D eigenvalue weighted by molar-refractivity contribution is 0.231. The van der Waals surface area contributed by atoms with E-state index in [1.54, 1.807) is 7.11 Å². The summed E-state index contributed by atoms with van der Waals surface area (Å²) in [7, 11) is 1.08. The standard InChI is InChI=1S/C17H21NO2S/c1-13(18-7-9-21(19)10-8-18)14-3-4-16-12-17(20-2)6-5-15(16)11-14/h3-6,11-13H,7-10H2,1-2H3/t13-/m0/s1. The minimum atomic E-state index is -0.615. The van der Waals surface area contributed by atoms with Crippen LogP contribution in [-0.4, -0.2) is 40.8 Å². The Kier molecular flexibility index (Phi) is 4.27. The zero-order valence-corrected chi connectivity index (χ0v) is 13.4. The second-order valence-electron chi connectivity index (χ2n) is 5.53. The van der Waals surface area contributed by atoms with Gasteiger partial charge in [-0.05, 0) is 41.5 Å². The average molecular weight is 303 g/mol. The van der Waals surface area contributed by atoms with Gasteiger partial charge in [-0.25, -0.2) is 0 Å². The van der Waals surface area contributed by atoms with E-state index in [-0.39, 0.29) is 0 Å². The molecule has 0 aromatic heterocycles. The van der Waals surface area contributed by atoms with Crippen molar-refractivity contribution in [1.29, 1.82) is 0 Å². The second-order valence-corrected chi connectivity index (χ2v) is 7.23. The molecule has 3 rings (SSSR count). The first-order chi connectivity index (χ1) is 10.2. The molecule has 0 radical (unpaired) electrons. The molecule has 0 saturated carbocycles. The summed E-state index contributed by atoms with van der Waals surface area (Å²) in [6.07, 6.45) is 0. The number of methoxy groups -OCH3 is 1. The molecule has 3 nitrogen and oxygen atoms in total. The van der Waals surface area contributed by atoms with Crippen LogP contribution in [0.25, 0.3) is 10.8 Å². The van der Waals surface area contributed by atoms with Crippen molar-refractivity contribution in [2.45, 2.75) is 13.0 Å². The summed E-state index contributed by atoms with van der Waals surface area (Å²) < 4.78 is 16.7. The fourth-order valence-electron chi connectivity index (χ4n) is 2.88. The fraction of sp³-hybridized carbons (Fsp3) is 0.412. The molecule has 1 aliphatic rings. The minimum absolute atomic E-state index is 0.369. The van der Waals surface area contributed by atoms with Gasteiger partial charge in [0.2, 0.25) is 0 Å². The van der Waals surface area contributed by atoms with Gasteiger partial charge in [-0.1, -0.05) is 18.2 Å². The Labute approximate surface area is 128 Å². The largest absolute Gasteiger partial charge is 0.497 e. The maximum absolute atomic E-state index is 11.5. The minimum Gasteiger partial charge on any atom is -0.497 e. The number of hydrogen-bond donors (Lipinski definition) is 0. The molecule has 2 aromatic rings. The number of hydrogen-bond acceptors (Lipinski definition) is 3. The molecule has 0 N–H and O–H groups in total. The first-order valence-corrected chi connectivity index (χ1v) is 8.83. The molecule has 21 heavy (non-hydrogen) atoms. The van der Waals surface area contributed by atoms with Gasteiger partial charge in [-0.2, -0.15) is 0 Å². The summed E-state index contributed by atoms with van der Waals surface area (Å²) in [4.78, 5) is 2.42. The Morgan fingerprint density at radius 3 is 2.48 bits per heavy atom. The third kappa shape index (κ3) is 3.11. The highest BCUT2D eigenvalue weighted by molar-refractivity contribution is 7.85. The van der Waals surface area contributed by atoms with E-state index >= 15 is 0 Å². The molecule has 1 atom stereocenters. The Hall–Kier alpha value is -1.39. The Balaban J connectivity index is 1.84. The third-order valence-corrected chi connectivity index (χ3v) is 5.59. The smallest absolute Gasteiger partial charge is 0.119 e. The maximum Gasteiger partial charge on any atom is 0.119 e. The molecule has 0 spiro atoms. The van der Waals surface area contributed by atoms with Crippen LogP contribution >= 0.6 is 0 Å². The van der Waals surface area contributed by atoms with Crippen LogP contribution in [0.3, 0.4) is 0 Å². The second kappa shape index (κ2) is 6.16. The number of fused-ring (bicyclic) bond motifs is 1. The zero-order chi connectivity index (χ0) is 14.8. The number of nitrogens with zero attached hydrogens (tertiary/aromatic N) is 1. The molecule has 1 saturated heterocycles. The van der Waals surface area contributed by atoms with E-state index in [4.69, 9.17) is 4.74 Å². The Morgan fingerprint density at radius 2 is 1.76 bits per heavy atom. The van der Waals surface area contributed by atoms with E-state index < -0.39 is 10.8 Å². The summed E-state index contributed by atoms with van der Waals surface area (Å²) in [5, 5.41) is 2.44. The number of rotatable bonds is 3. The Bertz CT molecular complexity index is 661. The number of ether oxygens (including phenoxy) is 1. The van der Waals surface area contributed by atoms with E-state index in [1.165, 1.54) is 16.3 Å². The average Bonchev–Trinajstić information content (AvgIpc) is 2.54. The zero-order valence-electron chi connectivity index (χ0n) is 12.5. The van der Waals surface area contributed by atoms with Gasteiger partial charge >= 0.3 is 0 Å². The van der Waals surface area contributed by atoms with Crippen molar-refractivity contribution in [1.82, 2.24) is 4.90 Å². The van der Waals surface area contributed by atoms with Gasteiger partial charge in [0, 0.05) is 41.4 Å². The molecule has 1 heterocycles. The van der Waals surface area contributed by atoms with Crippen molar-refractivity contribution >= 4 is 21.6 Å². The molecule has 4 heteroatoms. The predicted molar refractivity (Wildman–Crippen MR) is 88.4 cm³/mol. The van der Waals surface area contributed by atoms with E-state index in [1.807, 2.05) is 6.07 Å². The van der Waals surface area contributed by atoms with Gasteiger partial charge < -0.3 is 4.74 Å². The van der Waals surface area contributed by atoms with Gasteiger partial charge in [0.25, 0.3) is 0 Å². The van der Waals surface area contributed by atoms with E-state index in [2.05, 4.69) is 42.2 Å². The van der Waals surface area contributed by atoms with Crippen LogP contribution in [0.5, 0.6) is 5.75 Å². The molecular formula is C17H21NO2S. The van der Waals surface area contributed by atoms with Gasteiger partial charge in [-0.3, -0.25) is 9.11 Å². The van der Waals surface area contributed by atoms with Gasteiger partial charge in [0.1, 0.15) is 5.75 Å². The van der Waals surface area contributed by atoms with E-state index in [9.17, 15) is 4.21 Å².